The van der Waals surface area contributed by atoms with E-state index in [0.717, 1.165) is 25.7 Å². The molecule has 0 aromatic rings. The minimum Gasteiger partial charge on any atom is -0.394 e. The zero-order valence-corrected chi connectivity index (χ0v) is 8.75. The minimum atomic E-state index is -0.102. The first-order valence-electron chi connectivity index (χ1n) is 5.08. The number of hydrogen-bond donors (Lipinski definition) is 2. The number of hydrogen-bond acceptors (Lipinski definition) is 2. The van der Waals surface area contributed by atoms with Crippen LogP contribution in [0.3, 0.4) is 0 Å². The van der Waals surface area contributed by atoms with E-state index in [-0.39, 0.29) is 18.6 Å². The Morgan fingerprint density at radius 1 is 1.57 bits per heavy atom. The molecule has 0 aliphatic carbocycles. The van der Waals surface area contributed by atoms with E-state index < -0.39 is 0 Å². The van der Waals surface area contributed by atoms with Gasteiger partial charge < -0.3 is 10.4 Å². The number of aliphatic hydroxyl groups excluding tert-OH is 1. The lowest BCUT2D eigenvalue weighted by Crippen LogP contribution is -2.36. The SMILES string of the molecule is C#CCCCCC(=O)NC(CC)CO. The lowest BCUT2D eigenvalue weighted by molar-refractivity contribution is -0.122. The molecule has 0 rings (SSSR count). The molecule has 0 spiro atoms. The van der Waals surface area contributed by atoms with E-state index in [0.29, 0.717) is 6.42 Å². The van der Waals surface area contributed by atoms with Crippen LogP contribution in [0.4, 0.5) is 0 Å². The first-order chi connectivity index (χ1) is 6.74. The van der Waals surface area contributed by atoms with Gasteiger partial charge in [-0.1, -0.05) is 6.92 Å². The fraction of sp³-hybridized carbons (Fsp3) is 0.727. The predicted molar refractivity (Wildman–Crippen MR) is 56.6 cm³/mol. The second-order valence-corrected chi connectivity index (χ2v) is 3.27. The van der Waals surface area contributed by atoms with Crippen molar-refractivity contribution in [3.8, 4) is 12.3 Å². The molecule has 0 heterocycles. The van der Waals surface area contributed by atoms with Gasteiger partial charge in [-0.3, -0.25) is 4.79 Å². The summed E-state index contributed by atoms with van der Waals surface area (Å²) in [7, 11) is 0. The van der Waals surface area contributed by atoms with E-state index in [9.17, 15) is 4.79 Å². The molecule has 0 aromatic carbocycles. The maximum absolute atomic E-state index is 11.3. The molecule has 0 bridgehead atoms. The van der Waals surface area contributed by atoms with Gasteiger partial charge in [0.25, 0.3) is 0 Å². The van der Waals surface area contributed by atoms with Crippen LogP contribution in [0.1, 0.15) is 39.0 Å². The van der Waals surface area contributed by atoms with Crippen LogP contribution in [-0.4, -0.2) is 23.7 Å². The molecule has 3 heteroatoms. The monoisotopic (exact) mass is 197 g/mol. The van der Waals surface area contributed by atoms with Crippen molar-refractivity contribution in [3.05, 3.63) is 0 Å². The van der Waals surface area contributed by atoms with Crippen LogP contribution >= 0.6 is 0 Å². The van der Waals surface area contributed by atoms with E-state index in [1.54, 1.807) is 0 Å². The number of nitrogens with one attached hydrogen (secondary N) is 1. The van der Waals surface area contributed by atoms with Crippen LogP contribution in [0, 0.1) is 12.3 Å². The quantitative estimate of drug-likeness (QED) is 0.474. The van der Waals surface area contributed by atoms with Crippen LogP contribution in [0.5, 0.6) is 0 Å². The summed E-state index contributed by atoms with van der Waals surface area (Å²) in [4.78, 5) is 11.3. The van der Waals surface area contributed by atoms with Gasteiger partial charge in [0.2, 0.25) is 5.91 Å². The summed E-state index contributed by atoms with van der Waals surface area (Å²) in [6, 6.07) is -0.102. The fourth-order valence-electron chi connectivity index (χ4n) is 1.09. The van der Waals surface area contributed by atoms with Gasteiger partial charge in [-0.2, -0.15) is 0 Å². The van der Waals surface area contributed by atoms with Crippen LogP contribution in [0.2, 0.25) is 0 Å². The lowest BCUT2D eigenvalue weighted by Gasteiger charge is -2.13. The average Bonchev–Trinajstić information content (AvgIpc) is 2.21. The standard InChI is InChI=1S/C11H19NO2/c1-3-5-6-7-8-11(14)12-10(4-2)9-13/h1,10,13H,4-9H2,2H3,(H,12,14). The molecule has 14 heavy (non-hydrogen) atoms. The van der Waals surface area contributed by atoms with Gasteiger partial charge in [-0.15, -0.1) is 12.3 Å². The van der Waals surface area contributed by atoms with Crippen LogP contribution in [-0.2, 0) is 4.79 Å². The highest BCUT2D eigenvalue weighted by Gasteiger charge is 2.07. The minimum absolute atomic E-state index is 0.00271. The van der Waals surface area contributed by atoms with E-state index in [1.807, 2.05) is 6.92 Å². The van der Waals surface area contributed by atoms with Gasteiger partial charge >= 0.3 is 0 Å². The first-order valence-corrected chi connectivity index (χ1v) is 5.08. The number of amides is 1. The first kappa shape index (κ1) is 13.0. The normalized spacial score (nSPS) is 11.8. The Morgan fingerprint density at radius 3 is 2.79 bits per heavy atom. The number of terminal acetylenes is 1. The van der Waals surface area contributed by atoms with Crippen molar-refractivity contribution in [1.29, 1.82) is 0 Å². The molecule has 0 saturated heterocycles. The molecule has 0 saturated carbocycles. The highest BCUT2D eigenvalue weighted by Crippen LogP contribution is 1.99. The highest BCUT2D eigenvalue weighted by atomic mass is 16.3. The smallest absolute Gasteiger partial charge is 0.220 e. The maximum atomic E-state index is 11.3. The molecule has 0 radical (unpaired) electrons. The zero-order chi connectivity index (χ0) is 10.8. The summed E-state index contributed by atoms with van der Waals surface area (Å²) in [5.74, 6) is 2.54. The fourth-order valence-corrected chi connectivity index (χ4v) is 1.09. The molecular weight excluding hydrogens is 178 g/mol. The van der Waals surface area contributed by atoms with Gasteiger partial charge in [0, 0.05) is 12.8 Å². The van der Waals surface area contributed by atoms with Gasteiger partial charge in [0.05, 0.1) is 12.6 Å². The van der Waals surface area contributed by atoms with Crippen molar-refractivity contribution >= 4 is 5.91 Å². The molecule has 80 valence electrons. The van der Waals surface area contributed by atoms with Gasteiger partial charge in [-0.25, -0.2) is 0 Å². The Labute approximate surface area is 85.9 Å². The summed E-state index contributed by atoms with van der Waals surface area (Å²) < 4.78 is 0. The number of carbonyl (C=O) groups excluding carboxylic acids is 1. The molecule has 0 aromatic heterocycles. The third-order valence-corrected chi connectivity index (χ3v) is 2.05. The Balaban J connectivity index is 3.50. The summed E-state index contributed by atoms with van der Waals surface area (Å²) in [5.41, 5.74) is 0. The number of carbonyl (C=O) groups is 1. The molecule has 0 fully saturated rings. The molecule has 3 nitrogen and oxygen atoms in total. The molecule has 1 unspecified atom stereocenters. The topological polar surface area (TPSA) is 49.3 Å². The van der Waals surface area contributed by atoms with E-state index in [2.05, 4.69) is 11.2 Å². The van der Waals surface area contributed by atoms with Crippen LogP contribution < -0.4 is 5.32 Å². The Morgan fingerprint density at radius 2 is 2.29 bits per heavy atom. The Kier molecular flexibility index (Phi) is 7.96. The third kappa shape index (κ3) is 6.50. The zero-order valence-electron chi connectivity index (χ0n) is 8.75. The van der Waals surface area contributed by atoms with Crippen LogP contribution in [0.25, 0.3) is 0 Å². The van der Waals surface area contributed by atoms with Crippen molar-refractivity contribution in [2.24, 2.45) is 0 Å². The highest BCUT2D eigenvalue weighted by molar-refractivity contribution is 5.76. The molecule has 1 atom stereocenters. The molecule has 0 aliphatic rings. The van der Waals surface area contributed by atoms with Crippen LogP contribution in [0.15, 0.2) is 0 Å². The number of unbranched alkanes of at least 4 members (excludes halogenated alkanes) is 2. The summed E-state index contributed by atoms with van der Waals surface area (Å²) in [6.07, 6.45) is 8.77. The summed E-state index contributed by atoms with van der Waals surface area (Å²) in [6.45, 7) is 1.94. The second-order valence-electron chi connectivity index (χ2n) is 3.27. The Hall–Kier alpha value is -1.01. The van der Waals surface area contributed by atoms with Gasteiger partial charge in [0.1, 0.15) is 0 Å². The number of rotatable bonds is 7. The molecule has 1 amide bonds. The van der Waals surface area contributed by atoms with Gasteiger partial charge in [-0.05, 0) is 19.3 Å². The lowest BCUT2D eigenvalue weighted by atomic mass is 10.1. The molecular formula is C11H19NO2. The average molecular weight is 197 g/mol. The number of aliphatic hydroxyl groups is 1. The second kappa shape index (κ2) is 8.58. The van der Waals surface area contributed by atoms with Crippen molar-refractivity contribution in [1.82, 2.24) is 5.32 Å². The van der Waals surface area contributed by atoms with Crippen molar-refractivity contribution < 1.29 is 9.90 Å². The van der Waals surface area contributed by atoms with Crippen molar-refractivity contribution in [2.75, 3.05) is 6.61 Å². The van der Waals surface area contributed by atoms with E-state index >= 15 is 0 Å². The van der Waals surface area contributed by atoms with E-state index in [4.69, 9.17) is 11.5 Å². The van der Waals surface area contributed by atoms with Crippen molar-refractivity contribution in [3.63, 3.8) is 0 Å². The van der Waals surface area contributed by atoms with Crippen molar-refractivity contribution in [2.45, 2.75) is 45.1 Å². The molecule has 0 aliphatic heterocycles. The largest absolute Gasteiger partial charge is 0.394 e. The van der Waals surface area contributed by atoms with Gasteiger partial charge in [0.15, 0.2) is 0 Å². The summed E-state index contributed by atoms with van der Waals surface area (Å²) >= 11 is 0. The summed E-state index contributed by atoms with van der Waals surface area (Å²) in [5, 5.41) is 11.6. The molecule has 2 N–H and O–H groups in total. The maximum Gasteiger partial charge on any atom is 0.220 e. The Bertz CT molecular complexity index is 192. The van der Waals surface area contributed by atoms with E-state index in [1.165, 1.54) is 0 Å². The predicted octanol–water partition coefficient (Wildman–Crippen LogP) is 1.07. The third-order valence-electron chi connectivity index (χ3n) is 2.05.